The summed E-state index contributed by atoms with van der Waals surface area (Å²) in [6, 6.07) is 83.7. The van der Waals surface area contributed by atoms with E-state index < -0.39 is 8.07 Å². The van der Waals surface area contributed by atoms with Crippen LogP contribution in [0.4, 0.5) is 0 Å². The highest BCUT2D eigenvalue weighted by Gasteiger charge is 2.41. The van der Waals surface area contributed by atoms with Gasteiger partial charge in [-0.25, -0.2) is 0 Å². The fourth-order valence-electron chi connectivity index (χ4n) is 9.59. The summed E-state index contributed by atoms with van der Waals surface area (Å²) in [6.45, 7) is 0. The largest absolute Gasteiger partial charge is 0.308 e. The van der Waals surface area contributed by atoms with E-state index in [1.54, 1.807) is 0 Å². The topological polar surface area (TPSA) is 33.6 Å². The molecule has 0 fully saturated rings. The third kappa shape index (κ3) is 5.33. The van der Waals surface area contributed by atoms with Gasteiger partial charge in [-0.05, 0) is 68.3 Å². The first-order chi connectivity index (χ1) is 29.3. The molecule has 0 bridgehead atoms. The van der Waals surface area contributed by atoms with Gasteiger partial charge in [-0.15, -0.1) is 0 Å². The Bertz CT molecular complexity index is 3230. The third-order valence-corrected chi connectivity index (χ3v) is 16.9. The Labute approximate surface area is 343 Å². The van der Waals surface area contributed by atoms with E-state index in [9.17, 15) is 5.26 Å². The summed E-state index contributed by atoms with van der Waals surface area (Å²) >= 11 is 0. The Morgan fingerprint density at radius 2 is 0.695 bits per heavy atom. The Kier molecular flexibility index (Phi) is 8.21. The Morgan fingerprint density at radius 1 is 0.322 bits per heavy atom. The smallest absolute Gasteiger partial charge is 0.179 e. The third-order valence-electron chi connectivity index (χ3n) is 12.1. The summed E-state index contributed by atoms with van der Waals surface area (Å²) in [5, 5.41) is 21.3. The van der Waals surface area contributed by atoms with Gasteiger partial charge in [-0.1, -0.05) is 188 Å². The van der Waals surface area contributed by atoms with Crippen molar-refractivity contribution in [2.24, 2.45) is 0 Å². The molecule has 0 saturated carbocycles. The molecule has 0 aliphatic heterocycles. The highest BCUT2D eigenvalue weighted by Crippen LogP contribution is 2.40. The van der Waals surface area contributed by atoms with Crippen molar-refractivity contribution in [3.05, 3.63) is 230 Å². The van der Waals surface area contributed by atoms with Crippen LogP contribution >= 0.6 is 0 Å². The number of fused-ring (bicyclic) bond motifs is 6. The molecule has 0 spiro atoms. The maximum Gasteiger partial charge on any atom is 0.179 e. The number of aromatic nitrogens is 2. The molecule has 0 aliphatic rings. The molecule has 9 aromatic carbocycles. The van der Waals surface area contributed by atoms with E-state index in [2.05, 4.69) is 240 Å². The van der Waals surface area contributed by atoms with Gasteiger partial charge in [0.15, 0.2) is 8.07 Å². The van der Waals surface area contributed by atoms with Crippen LogP contribution in [0.1, 0.15) is 5.56 Å². The van der Waals surface area contributed by atoms with E-state index >= 15 is 0 Å². The van der Waals surface area contributed by atoms with Crippen molar-refractivity contribution in [1.29, 1.82) is 5.26 Å². The molecule has 4 heteroatoms. The van der Waals surface area contributed by atoms with E-state index in [0.717, 1.165) is 66.1 Å². The lowest BCUT2D eigenvalue weighted by molar-refractivity contribution is 1.12. The van der Waals surface area contributed by atoms with Crippen molar-refractivity contribution in [3.63, 3.8) is 0 Å². The van der Waals surface area contributed by atoms with Gasteiger partial charge in [0.2, 0.25) is 0 Å². The number of rotatable bonds is 7. The lowest BCUT2D eigenvalue weighted by atomic mass is 10.00. The summed E-state index contributed by atoms with van der Waals surface area (Å²) < 4.78 is 4.61. The zero-order valence-corrected chi connectivity index (χ0v) is 33.2. The lowest BCUT2D eigenvalue weighted by Crippen LogP contribution is -2.74. The van der Waals surface area contributed by atoms with Gasteiger partial charge in [0.05, 0.1) is 33.4 Å². The van der Waals surface area contributed by atoms with Crippen LogP contribution in [0.5, 0.6) is 0 Å². The van der Waals surface area contributed by atoms with E-state index in [1.165, 1.54) is 20.7 Å². The molecule has 0 saturated heterocycles. The highest BCUT2D eigenvalue weighted by atomic mass is 28.3. The molecule has 2 aromatic heterocycles. The first-order valence-corrected chi connectivity index (χ1v) is 22.1. The molecule has 0 atom stereocenters. The molecule has 11 aromatic rings. The van der Waals surface area contributed by atoms with Crippen LogP contribution in [0.15, 0.2) is 224 Å². The maximum atomic E-state index is 11.4. The Morgan fingerprint density at radius 3 is 1.14 bits per heavy atom. The van der Waals surface area contributed by atoms with Crippen LogP contribution in [-0.4, -0.2) is 17.2 Å². The van der Waals surface area contributed by atoms with Crippen LogP contribution in [0.3, 0.4) is 0 Å². The number of benzene rings is 9. The molecular formula is C55H37N3Si. The molecule has 2 heterocycles. The van der Waals surface area contributed by atoms with Gasteiger partial charge in [-0.2, -0.15) is 5.26 Å². The van der Waals surface area contributed by atoms with Crippen LogP contribution in [-0.2, 0) is 0 Å². The van der Waals surface area contributed by atoms with Crippen LogP contribution in [0.2, 0.25) is 0 Å². The molecule has 11 rings (SSSR count). The van der Waals surface area contributed by atoms with Gasteiger partial charge in [-0.3, -0.25) is 0 Å². The van der Waals surface area contributed by atoms with E-state index in [-0.39, 0.29) is 0 Å². The molecule has 0 aliphatic carbocycles. The fraction of sp³-hybridized carbons (Fsp3) is 0. The van der Waals surface area contributed by atoms with Crippen molar-refractivity contribution in [2.45, 2.75) is 0 Å². The van der Waals surface area contributed by atoms with Crippen molar-refractivity contribution < 1.29 is 0 Å². The zero-order valence-electron chi connectivity index (χ0n) is 32.2. The van der Waals surface area contributed by atoms with Crippen molar-refractivity contribution in [3.8, 4) is 28.6 Å². The summed E-state index contributed by atoms with van der Waals surface area (Å²) in [4.78, 5) is 0. The molecule has 0 unspecified atom stereocenters. The number of nitrogens with zero attached hydrogens (tertiary/aromatic N) is 3. The summed E-state index contributed by atoms with van der Waals surface area (Å²) in [7, 11) is -2.81. The normalized spacial score (nSPS) is 11.7. The second kappa shape index (κ2) is 14.0. The minimum Gasteiger partial charge on any atom is -0.308 e. The number of hydrogen-bond acceptors (Lipinski definition) is 1. The first kappa shape index (κ1) is 34.5. The van der Waals surface area contributed by atoms with Crippen LogP contribution in [0.25, 0.3) is 66.1 Å². The van der Waals surface area contributed by atoms with Crippen molar-refractivity contribution in [1.82, 2.24) is 9.13 Å². The average Bonchev–Trinajstić information content (AvgIpc) is 3.83. The molecule has 3 nitrogen and oxygen atoms in total. The number of para-hydroxylation sites is 3. The van der Waals surface area contributed by atoms with Gasteiger partial charge in [0.1, 0.15) is 11.6 Å². The van der Waals surface area contributed by atoms with Crippen LogP contribution in [0, 0.1) is 11.3 Å². The Hall–Kier alpha value is -7.71. The van der Waals surface area contributed by atoms with Crippen molar-refractivity contribution >= 4 is 72.4 Å². The van der Waals surface area contributed by atoms with E-state index in [1.807, 2.05) is 0 Å². The van der Waals surface area contributed by atoms with Crippen LogP contribution < -0.4 is 20.7 Å². The second-order valence-electron chi connectivity index (χ2n) is 15.2. The highest BCUT2D eigenvalue weighted by molar-refractivity contribution is 7.20. The number of hydrogen-bond donors (Lipinski definition) is 0. The quantitative estimate of drug-likeness (QED) is 0.117. The molecule has 0 N–H and O–H groups in total. The van der Waals surface area contributed by atoms with Gasteiger partial charge in [0.25, 0.3) is 0 Å². The fourth-order valence-corrected chi connectivity index (χ4v) is 14.4. The molecule has 59 heavy (non-hydrogen) atoms. The summed E-state index contributed by atoms with van der Waals surface area (Å²) in [5.41, 5.74) is 8.70. The summed E-state index contributed by atoms with van der Waals surface area (Å²) in [6.07, 6.45) is 0. The zero-order chi connectivity index (χ0) is 39.3. The Balaban J connectivity index is 1.25. The minimum absolute atomic E-state index is 0.615. The molecule has 0 amide bonds. The van der Waals surface area contributed by atoms with E-state index in [0.29, 0.717) is 5.56 Å². The SMILES string of the molecule is N#Cc1c(-n2c3ccccc3c3ccccc32)cc(-c2ccccc2)cc1-n1c2ccccc2c2cc([Si](c3ccccc3)(c3ccccc3)c3ccccc3)ccc21. The van der Waals surface area contributed by atoms with Gasteiger partial charge < -0.3 is 9.13 Å². The van der Waals surface area contributed by atoms with Gasteiger partial charge >= 0.3 is 0 Å². The first-order valence-electron chi connectivity index (χ1n) is 20.1. The lowest BCUT2D eigenvalue weighted by Gasteiger charge is -2.34. The average molecular weight is 768 g/mol. The number of nitriles is 1. The maximum absolute atomic E-state index is 11.4. The standard InChI is InChI=1S/C55H37N3Si/c56-38-49-54(57-50-30-16-13-27-45(50)46-28-14-17-31-51(46)57)35-40(39-19-5-1-6-20-39)36-55(49)58-52-32-18-15-29-47(52)48-37-44(33-34-53(48)58)59(41-21-7-2-8-22-41,42-23-9-3-10-24-42)43-25-11-4-12-26-43/h1-37H. The monoisotopic (exact) mass is 767 g/mol. The summed E-state index contributed by atoms with van der Waals surface area (Å²) in [5.74, 6) is 0. The molecule has 0 radical (unpaired) electrons. The molecular weight excluding hydrogens is 731 g/mol. The van der Waals surface area contributed by atoms with E-state index in [4.69, 9.17) is 0 Å². The minimum atomic E-state index is -2.81. The predicted octanol–water partition coefficient (Wildman–Crippen LogP) is 10.8. The molecule has 276 valence electrons. The van der Waals surface area contributed by atoms with Gasteiger partial charge in [0, 0.05) is 21.5 Å². The predicted molar refractivity (Wildman–Crippen MR) is 249 cm³/mol. The second-order valence-corrected chi connectivity index (χ2v) is 19.0. The van der Waals surface area contributed by atoms with Crippen molar-refractivity contribution in [2.75, 3.05) is 0 Å².